The Bertz CT molecular complexity index is 1240. The summed E-state index contributed by atoms with van der Waals surface area (Å²) in [6.45, 7) is 1.87. The predicted octanol–water partition coefficient (Wildman–Crippen LogP) is 4.66. The molecule has 32 heavy (non-hydrogen) atoms. The second kappa shape index (κ2) is 7.75. The van der Waals surface area contributed by atoms with Gasteiger partial charge in [0.1, 0.15) is 5.75 Å². The Kier molecular flexibility index (Phi) is 4.89. The number of nitrogens with one attached hydrogen (secondary N) is 1. The minimum Gasteiger partial charge on any atom is -0.508 e. The van der Waals surface area contributed by atoms with E-state index in [9.17, 15) is 9.90 Å². The smallest absolute Gasteiger partial charge is 0.233 e. The molecule has 2 aliphatic rings. The van der Waals surface area contributed by atoms with Crippen LogP contribution in [-0.2, 0) is 4.79 Å². The largest absolute Gasteiger partial charge is 0.508 e. The number of hydrogen-bond acceptors (Lipinski definition) is 7. The number of Topliss-reactive ketones (excluding diaryl/α,β-unsaturated/α-hetero) is 1. The number of carbonyl (C=O) groups excluding carboxylic acids is 1. The van der Waals surface area contributed by atoms with Crippen LogP contribution in [0.15, 0.2) is 58.3 Å². The molecule has 0 saturated heterocycles. The summed E-state index contributed by atoms with van der Waals surface area (Å²) in [5.41, 5.74) is 4.59. The minimum absolute atomic E-state index is 0.0214. The molecule has 1 aliphatic heterocycles. The number of aromatic hydroxyl groups is 1. The molecular weight excluding hydrogens is 408 g/mol. The molecule has 5 rings (SSSR count). The Morgan fingerprint density at radius 1 is 1.06 bits per heavy atom. The van der Waals surface area contributed by atoms with Crippen molar-refractivity contribution in [3.63, 3.8) is 0 Å². The Labute approximate surface area is 185 Å². The number of anilines is 1. The average molecular weight is 432 g/mol. The lowest BCUT2D eigenvalue weighted by Crippen LogP contribution is -2.29. The lowest BCUT2D eigenvalue weighted by molar-refractivity contribution is -0.116. The Morgan fingerprint density at radius 3 is 2.59 bits per heavy atom. The molecule has 1 aromatic heterocycles. The lowest BCUT2D eigenvalue weighted by Gasteiger charge is -2.35. The molecule has 0 radical (unpaired) electrons. The first kappa shape index (κ1) is 20.2. The summed E-state index contributed by atoms with van der Waals surface area (Å²) in [5, 5.41) is 17.8. The summed E-state index contributed by atoms with van der Waals surface area (Å²) in [5.74, 6) is 1.40. The van der Waals surface area contributed by atoms with Gasteiger partial charge in [-0.2, -0.15) is 0 Å². The Hall–Kier alpha value is -3.74. The van der Waals surface area contributed by atoms with Crippen molar-refractivity contribution in [1.29, 1.82) is 0 Å². The fourth-order valence-corrected chi connectivity index (χ4v) is 4.98. The quantitative estimate of drug-likeness (QED) is 0.619. The highest BCUT2D eigenvalue weighted by molar-refractivity contribution is 6.02. The number of rotatable bonds is 4. The Balaban J connectivity index is 1.68. The van der Waals surface area contributed by atoms with Crippen LogP contribution in [0.25, 0.3) is 0 Å². The summed E-state index contributed by atoms with van der Waals surface area (Å²) < 4.78 is 16.8. The van der Waals surface area contributed by atoms with Crippen LogP contribution in [0.4, 0.5) is 5.88 Å². The second-order valence-corrected chi connectivity index (χ2v) is 8.13. The zero-order valence-corrected chi connectivity index (χ0v) is 18.1. The third kappa shape index (κ3) is 3.04. The standard InChI is InChI=1S/C25H24N2O5/c1-13-21-22(16-8-6-10-20(30-2)24(16)31-3)23-17(26-25(21)32-27-13)11-14(12-19(23)29)15-7-4-5-9-18(15)28/h4-10,14,22,26,28H,11-12H2,1-3H3/t14-,22+/m0/s1. The van der Waals surface area contributed by atoms with Crippen LogP contribution in [0.1, 0.15) is 47.1 Å². The first-order chi connectivity index (χ1) is 15.5. The summed E-state index contributed by atoms with van der Waals surface area (Å²) >= 11 is 0. The molecule has 2 aromatic carbocycles. The van der Waals surface area contributed by atoms with Gasteiger partial charge in [-0.3, -0.25) is 4.79 Å². The maximum Gasteiger partial charge on any atom is 0.233 e. The van der Waals surface area contributed by atoms with E-state index in [1.807, 2.05) is 37.3 Å². The van der Waals surface area contributed by atoms with Crippen molar-refractivity contribution in [2.75, 3.05) is 19.5 Å². The number of ketones is 1. The van der Waals surface area contributed by atoms with E-state index < -0.39 is 5.92 Å². The van der Waals surface area contributed by atoms with Gasteiger partial charge in [0.15, 0.2) is 17.3 Å². The van der Waals surface area contributed by atoms with Crippen LogP contribution < -0.4 is 14.8 Å². The van der Waals surface area contributed by atoms with Gasteiger partial charge in [-0.1, -0.05) is 35.5 Å². The molecular formula is C25H24N2O5. The molecule has 2 atom stereocenters. The number of methoxy groups -OCH3 is 2. The molecule has 0 bridgehead atoms. The summed E-state index contributed by atoms with van der Waals surface area (Å²) in [6, 6.07) is 12.8. The monoisotopic (exact) mass is 432 g/mol. The van der Waals surface area contributed by atoms with Crippen molar-refractivity contribution in [3.8, 4) is 17.2 Å². The number of carbonyl (C=O) groups is 1. The molecule has 0 saturated carbocycles. The number of phenolic OH excluding ortho intramolecular Hbond substituents is 1. The zero-order chi connectivity index (χ0) is 22.4. The normalized spacial score (nSPS) is 19.8. The van der Waals surface area contributed by atoms with Crippen molar-refractivity contribution in [3.05, 3.63) is 76.1 Å². The molecule has 1 aliphatic carbocycles. The van der Waals surface area contributed by atoms with Crippen molar-refractivity contribution in [2.45, 2.75) is 31.6 Å². The molecule has 0 spiro atoms. The zero-order valence-electron chi connectivity index (χ0n) is 18.1. The minimum atomic E-state index is -0.393. The van der Waals surface area contributed by atoms with Gasteiger partial charge in [0.2, 0.25) is 5.88 Å². The summed E-state index contributed by atoms with van der Waals surface area (Å²) in [7, 11) is 3.18. The molecule has 0 unspecified atom stereocenters. The van der Waals surface area contributed by atoms with Crippen molar-refractivity contribution in [1.82, 2.24) is 5.16 Å². The maximum absolute atomic E-state index is 13.6. The molecule has 0 amide bonds. The number of allylic oxidation sites excluding steroid dienone is 2. The highest BCUT2D eigenvalue weighted by Crippen LogP contribution is 2.52. The fourth-order valence-electron chi connectivity index (χ4n) is 4.98. The number of nitrogens with zero attached hydrogens (tertiary/aromatic N) is 1. The number of aryl methyl sites for hydroxylation is 1. The molecule has 164 valence electrons. The van der Waals surface area contributed by atoms with E-state index in [1.54, 1.807) is 26.4 Å². The van der Waals surface area contributed by atoms with Crippen LogP contribution in [0.5, 0.6) is 17.2 Å². The van der Waals surface area contributed by atoms with Gasteiger partial charge >= 0.3 is 0 Å². The van der Waals surface area contributed by atoms with Crippen LogP contribution in [-0.4, -0.2) is 30.3 Å². The number of ether oxygens (including phenoxy) is 2. The first-order valence-electron chi connectivity index (χ1n) is 10.5. The van der Waals surface area contributed by atoms with E-state index >= 15 is 0 Å². The van der Waals surface area contributed by atoms with Crippen LogP contribution in [0.2, 0.25) is 0 Å². The van der Waals surface area contributed by atoms with E-state index in [-0.39, 0.29) is 17.5 Å². The van der Waals surface area contributed by atoms with E-state index in [1.165, 1.54) is 0 Å². The van der Waals surface area contributed by atoms with Crippen molar-refractivity contribution < 1.29 is 23.9 Å². The SMILES string of the molecule is COc1cccc([C@H]2C3=C(C[C@H](c4ccccc4O)CC3=O)Nc3onc(C)c32)c1OC. The molecule has 0 fully saturated rings. The van der Waals surface area contributed by atoms with Crippen molar-refractivity contribution in [2.24, 2.45) is 0 Å². The number of fused-ring (bicyclic) bond motifs is 1. The van der Waals surface area contributed by atoms with Gasteiger partial charge in [-0.25, -0.2) is 0 Å². The van der Waals surface area contributed by atoms with E-state index in [4.69, 9.17) is 14.0 Å². The van der Waals surface area contributed by atoms with Crippen LogP contribution in [0.3, 0.4) is 0 Å². The number of phenols is 1. The number of para-hydroxylation sites is 2. The van der Waals surface area contributed by atoms with E-state index in [0.717, 1.165) is 22.4 Å². The molecule has 2 N–H and O–H groups in total. The average Bonchev–Trinajstić information content (AvgIpc) is 3.17. The van der Waals surface area contributed by atoms with Crippen LogP contribution in [0, 0.1) is 6.92 Å². The topological polar surface area (TPSA) is 93.8 Å². The van der Waals surface area contributed by atoms with E-state index in [0.29, 0.717) is 41.5 Å². The maximum atomic E-state index is 13.6. The molecule has 2 heterocycles. The molecule has 7 nitrogen and oxygen atoms in total. The fraction of sp³-hybridized carbons (Fsp3) is 0.280. The molecule has 3 aromatic rings. The van der Waals surface area contributed by atoms with Gasteiger partial charge in [-0.15, -0.1) is 0 Å². The summed E-state index contributed by atoms with van der Waals surface area (Å²) in [6.07, 6.45) is 0.876. The third-order valence-corrected chi connectivity index (χ3v) is 6.38. The molecule has 7 heteroatoms. The predicted molar refractivity (Wildman–Crippen MR) is 118 cm³/mol. The van der Waals surface area contributed by atoms with Crippen LogP contribution >= 0.6 is 0 Å². The van der Waals surface area contributed by atoms with Crippen molar-refractivity contribution >= 4 is 11.7 Å². The second-order valence-electron chi connectivity index (χ2n) is 8.13. The number of benzene rings is 2. The number of hydrogen-bond donors (Lipinski definition) is 2. The summed E-state index contributed by atoms with van der Waals surface area (Å²) in [4.78, 5) is 13.6. The van der Waals surface area contributed by atoms with Gasteiger partial charge < -0.3 is 24.4 Å². The van der Waals surface area contributed by atoms with Gasteiger partial charge in [-0.05, 0) is 31.0 Å². The lowest BCUT2D eigenvalue weighted by atomic mass is 9.72. The van der Waals surface area contributed by atoms with Gasteiger partial charge in [0, 0.05) is 29.2 Å². The van der Waals surface area contributed by atoms with Gasteiger partial charge in [0.05, 0.1) is 31.4 Å². The number of aromatic nitrogens is 1. The highest BCUT2D eigenvalue weighted by atomic mass is 16.5. The third-order valence-electron chi connectivity index (χ3n) is 6.38. The highest BCUT2D eigenvalue weighted by Gasteiger charge is 2.42. The first-order valence-corrected chi connectivity index (χ1v) is 10.5. The Morgan fingerprint density at radius 2 is 1.84 bits per heavy atom. The van der Waals surface area contributed by atoms with Gasteiger partial charge in [0.25, 0.3) is 0 Å². The van der Waals surface area contributed by atoms with E-state index in [2.05, 4.69) is 10.5 Å².